The third-order valence-corrected chi connectivity index (χ3v) is 2.97. The highest BCUT2D eigenvalue weighted by Gasteiger charge is 2.30. The average molecular weight is 187 g/mol. The first kappa shape index (κ1) is 8.00. The summed E-state index contributed by atoms with van der Waals surface area (Å²) in [5.74, 6) is 0.689. The SMILES string of the molecule is N[C@H](c1c[nH]c2ncccc12)C1CC1. The van der Waals surface area contributed by atoms with Gasteiger partial charge in [0, 0.05) is 23.8 Å². The number of aromatic amines is 1. The summed E-state index contributed by atoms with van der Waals surface area (Å²) in [7, 11) is 0. The minimum Gasteiger partial charge on any atom is -0.346 e. The number of hydrogen-bond acceptors (Lipinski definition) is 2. The van der Waals surface area contributed by atoms with Gasteiger partial charge >= 0.3 is 0 Å². The maximum atomic E-state index is 6.16. The maximum Gasteiger partial charge on any atom is 0.137 e. The van der Waals surface area contributed by atoms with Crippen LogP contribution in [0, 0.1) is 5.92 Å². The molecular weight excluding hydrogens is 174 g/mol. The second-order valence-corrected chi connectivity index (χ2v) is 4.01. The normalized spacial score (nSPS) is 18.6. The van der Waals surface area contributed by atoms with Gasteiger partial charge in [0.05, 0.1) is 0 Å². The van der Waals surface area contributed by atoms with Gasteiger partial charge in [-0.15, -0.1) is 0 Å². The predicted octanol–water partition coefficient (Wildman–Crippen LogP) is 1.97. The molecule has 0 bridgehead atoms. The summed E-state index contributed by atoms with van der Waals surface area (Å²) in [5, 5.41) is 1.17. The summed E-state index contributed by atoms with van der Waals surface area (Å²) in [6, 6.07) is 4.23. The standard InChI is InChI=1S/C11H13N3/c12-10(7-3-4-7)9-6-14-11-8(9)2-1-5-13-11/h1-2,5-7,10H,3-4,12H2,(H,13,14)/t10-/m0/s1. The van der Waals surface area contributed by atoms with Crippen LogP contribution in [-0.4, -0.2) is 9.97 Å². The predicted molar refractivity (Wildman–Crippen MR) is 55.7 cm³/mol. The molecule has 3 N–H and O–H groups in total. The third kappa shape index (κ3) is 1.13. The molecule has 2 aromatic rings. The highest BCUT2D eigenvalue weighted by molar-refractivity contribution is 5.80. The van der Waals surface area contributed by atoms with E-state index in [-0.39, 0.29) is 6.04 Å². The van der Waals surface area contributed by atoms with Crippen molar-refractivity contribution in [1.29, 1.82) is 0 Å². The lowest BCUT2D eigenvalue weighted by Crippen LogP contribution is -2.11. The van der Waals surface area contributed by atoms with Gasteiger partial charge in [0.2, 0.25) is 0 Å². The highest BCUT2D eigenvalue weighted by Crippen LogP contribution is 2.40. The minimum atomic E-state index is 0.188. The number of aromatic nitrogens is 2. The zero-order valence-corrected chi connectivity index (χ0v) is 7.90. The van der Waals surface area contributed by atoms with Crippen molar-refractivity contribution in [3.63, 3.8) is 0 Å². The lowest BCUT2D eigenvalue weighted by atomic mass is 10.0. The molecule has 72 valence electrons. The number of hydrogen-bond donors (Lipinski definition) is 2. The van der Waals surface area contributed by atoms with E-state index in [1.807, 2.05) is 12.3 Å². The van der Waals surface area contributed by atoms with Crippen molar-refractivity contribution < 1.29 is 0 Å². The lowest BCUT2D eigenvalue weighted by molar-refractivity contribution is 0.638. The maximum absolute atomic E-state index is 6.16. The topological polar surface area (TPSA) is 54.7 Å². The van der Waals surface area contributed by atoms with Crippen LogP contribution in [0.4, 0.5) is 0 Å². The Labute approximate surface area is 82.3 Å². The molecule has 1 saturated carbocycles. The Kier molecular flexibility index (Phi) is 1.61. The van der Waals surface area contributed by atoms with Gasteiger partial charge < -0.3 is 10.7 Å². The largest absolute Gasteiger partial charge is 0.346 e. The van der Waals surface area contributed by atoms with Gasteiger partial charge in [-0.05, 0) is 36.5 Å². The van der Waals surface area contributed by atoms with Crippen LogP contribution in [-0.2, 0) is 0 Å². The Morgan fingerprint density at radius 2 is 2.36 bits per heavy atom. The number of pyridine rings is 1. The number of rotatable bonds is 2. The molecule has 0 unspecified atom stereocenters. The minimum absolute atomic E-state index is 0.188. The molecule has 3 nitrogen and oxygen atoms in total. The van der Waals surface area contributed by atoms with Gasteiger partial charge in [-0.25, -0.2) is 4.98 Å². The Hall–Kier alpha value is -1.35. The fourth-order valence-electron chi connectivity index (χ4n) is 1.96. The van der Waals surface area contributed by atoms with Crippen molar-refractivity contribution in [2.75, 3.05) is 0 Å². The van der Waals surface area contributed by atoms with E-state index in [0.717, 1.165) is 5.65 Å². The molecule has 0 spiro atoms. The summed E-state index contributed by atoms with van der Waals surface area (Å²) >= 11 is 0. The fourth-order valence-corrected chi connectivity index (χ4v) is 1.96. The van der Waals surface area contributed by atoms with Gasteiger partial charge in [-0.3, -0.25) is 0 Å². The van der Waals surface area contributed by atoms with Crippen molar-refractivity contribution in [1.82, 2.24) is 9.97 Å². The van der Waals surface area contributed by atoms with Gasteiger partial charge in [-0.1, -0.05) is 0 Å². The van der Waals surface area contributed by atoms with Crippen LogP contribution in [0.5, 0.6) is 0 Å². The third-order valence-electron chi connectivity index (χ3n) is 2.97. The molecule has 0 radical (unpaired) electrons. The Morgan fingerprint density at radius 3 is 3.14 bits per heavy atom. The van der Waals surface area contributed by atoms with Crippen molar-refractivity contribution in [2.24, 2.45) is 11.7 Å². The van der Waals surface area contributed by atoms with Crippen LogP contribution in [0.15, 0.2) is 24.5 Å². The smallest absolute Gasteiger partial charge is 0.137 e. The summed E-state index contributed by atoms with van der Waals surface area (Å²) in [6.07, 6.45) is 6.34. The first-order chi connectivity index (χ1) is 6.86. The second-order valence-electron chi connectivity index (χ2n) is 4.01. The van der Waals surface area contributed by atoms with Crippen molar-refractivity contribution in [3.05, 3.63) is 30.1 Å². The molecule has 2 heterocycles. The summed E-state index contributed by atoms with van der Waals surface area (Å²) < 4.78 is 0. The summed E-state index contributed by atoms with van der Waals surface area (Å²) in [4.78, 5) is 7.41. The molecule has 1 fully saturated rings. The molecule has 0 saturated heterocycles. The monoisotopic (exact) mass is 187 g/mol. The zero-order valence-electron chi connectivity index (χ0n) is 7.90. The molecule has 14 heavy (non-hydrogen) atoms. The molecule has 3 rings (SSSR count). The van der Waals surface area contributed by atoms with E-state index in [9.17, 15) is 0 Å². The first-order valence-electron chi connectivity index (χ1n) is 5.04. The van der Waals surface area contributed by atoms with Gasteiger partial charge in [0.25, 0.3) is 0 Å². The summed E-state index contributed by atoms with van der Waals surface area (Å²) in [6.45, 7) is 0. The Morgan fingerprint density at radius 1 is 1.50 bits per heavy atom. The van der Waals surface area contributed by atoms with Crippen molar-refractivity contribution >= 4 is 11.0 Å². The second kappa shape index (κ2) is 2.82. The van der Waals surface area contributed by atoms with E-state index < -0.39 is 0 Å². The highest BCUT2D eigenvalue weighted by atomic mass is 14.8. The van der Waals surface area contributed by atoms with Crippen LogP contribution >= 0.6 is 0 Å². The van der Waals surface area contributed by atoms with E-state index in [1.165, 1.54) is 23.8 Å². The van der Waals surface area contributed by atoms with Crippen molar-refractivity contribution in [3.8, 4) is 0 Å². The molecule has 1 aliphatic carbocycles. The van der Waals surface area contributed by atoms with Crippen LogP contribution < -0.4 is 5.73 Å². The number of nitrogens with two attached hydrogens (primary N) is 1. The molecule has 1 atom stereocenters. The van der Waals surface area contributed by atoms with Gasteiger partial charge in [-0.2, -0.15) is 0 Å². The fraction of sp³-hybridized carbons (Fsp3) is 0.364. The van der Waals surface area contributed by atoms with Gasteiger partial charge in [0.15, 0.2) is 0 Å². The quantitative estimate of drug-likeness (QED) is 0.755. The van der Waals surface area contributed by atoms with Crippen LogP contribution in [0.25, 0.3) is 11.0 Å². The first-order valence-corrected chi connectivity index (χ1v) is 5.04. The van der Waals surface area contributed by atoms with E-state index >= 15 is 0 Å². The number of H-pyrrole nitrogens is 1. The molecular formula is C11H13N3. The average Bonchev–Trinajstić information content (AvgIpc) is 2.97. The van der Waals surface area contributed by atoms with Crippen molar-refractivity contribution in [2.45, 2.75) is 18.9 Å². The van der Waals surface area contributed by atoms with E-state index in [0.29, 0.717) is 5.92 Å². The summed E-state index contributed by atoms with van der Waals surface area (Å²) in [5.41, 5.74) is 8.32. The lowest BCUT2D eigenvalue weighted by Gasteiger charge is -2.07. The molecule has 0 amide bonds. The van der Waals surface area contributed by atoms with Crippen LogP contribution in [0.3, 0.4) is 0 Å². The number of fused-ring (bicyclic) bond motifs is 1. The number of nitrogens with zero attached hydrogens (tertiary/aromatic N) is 1. The van der Waals surface area contributed by atoms with Crippen LogP contribution in [0.2, 0.25) is 0 Å². The molecule has 1 aliphatic rings. The van der Waals surface area contributed by atoms with E-state index in [4.69, 9.17) is 5.73 Å². The Bertz CT molecular complexity index is 456. The zero-order chi connectivity index (χ0) is 9.54. The van der Waals surface area contributed by atoms with Gasteiger partial charge in [0.1, 0.15) is 5.65 Å². The molecule has 0 aromatic carbocycles. The molecule has 2 aromatic heterocycles. The van der Waals surface area contributed by atoms with E-state index in [1.54, 1.807) is 6.20 Å². The molecule has 0 aliphatic heterocycles. The van der Waals surface area contributed by atoms with E-state index in [2.05, 4.69) is 16.0 Å². The number of nitrogens with one attached hydrogen (secondary N) is 1. The van der Waals surface area contributed by atoms with Crippen LogP contribution in [0.1, 0.15) is 24.4 Å². The molecule has 3 heteroatoms. The Balaban J connectivity index is 2.11.